The Morgan fingerprint density at radius 1 is 1.26 bits per heavy atom. The monoisotopic (exact) mass is 340 g/mol. The molecule has 1 aliphatic carbocycles. The molecule has 1 amide bonds. The molecule has 0 radical (unpaired) electrons. The number of aryl methyl sites for hydroxylation is 2. The Hall–Kier alpha value is -1.10. The number of hydrogen-bond donors (Lipinski definition) is 3. The van der Waals surface area contributed by atoms with Crippen LogP contribution in [0.4, 0.5) is 5.69 Å². The number of aliphatic hydroxyl groups excluding tert-OH is 1. The molecule has 2 atom stereocenters. The molecule has 23 heavy (non-hydrogen) atoms. The van der Waals surface area contributed by atoms with E-state index in [0.29, 0.717) is 5.92 Å². The summed E-state index contributed by atoms with van der Waals surface area (Å²) in [5.74, 6) is 0.145. The van der Waals surface area contributed by atoms with E-state index in [9.17, 15) is 9.90 Å². The molecule has 0 aliphatic heterocycles. The van der Waals surface area contributed by atoms with Crippen LogP contribution in [0.25, 0.3) is 0 Å². The predicted molar refractivity (Wildman–Crippen MR) is 97.0 cm³/mol. The van der Waals surface area contributed by atoms with Gasteiger partial charge in [-0.3, -0.25) is 4.79 Å². The number of rotatable bonds is 5. The number of aliphatic hydroxyl groups is 1. The van der Waals surface area contributed by atoms with Crippen molar-refractivity contribution in [3.63, 3.8) is 0 Å². The van der Waals surface area contributed by atoms with Crippen LogP contribution < -0.4 is 11.1 Å². The number of amides is 1. The molecule has 1 saturated carbocycles. The lowest BCUT2D eigenvalue weighted by Gasteiger charge is -2.26. The summed E-state index contributed by atoms with van der Waals surface area (Å²) >= 11 is 0. The van der Waals surface area contributed by atoms with Gasteiger partial charge in [-0.05, 0) is 37.3 Å². The third kappa shape index (κ3) is 5.48. The van der Waals surface area contributed by atoms with E-state index < -0.39 is 18.1 Å². The third-order valence-corrected chi connectivity index (χ3v) is 4.73. The highest BCUT2D eigenvalue weighted by Crippen LogP contribution is 2.28. The first-order valence-corrected chi connectivity index (χ1v) is 8.29. The van der Waals surface area contributed by atoms with Crippen LogP contribution in [0.2, 0.25) is 0 Å². The first kappa shape index (κ1) is 19.9. The molecule has 2 rings (SSSR count). The maximum atomic E-state index is 12.3. The Labute approximate surface area is 145 Å². The molecular weight excluding hydrogens is 312 g/mol. The Morgan fingerprint density at radius 3 is 2.39 bits per heavy atom. The van der Waals surface area contributed by atoms with Crippen LogP contribution in [0.3, 0.4) is 0 Å². The number of hydrogen-bond acceptors (Lipinski definition) is 3. The van der Waals surface area contributed by atoms with E-state index in [0.717, 1.165) is 23.2 Å². The zero-order valence-corrected chi connectivity index (χ0v) is 14.9. The summed E-state index contributed by atoms with van der Waals surface area (Å²) in [5, 5.41) is 13.1. The van der Waals surface area contributed by atoms with Gasteiger partial charge in [0.2, 0.25) is 0 Å². The number of carbonyl (C=O) groups is 1. The number of nitrogens with one attached hydrogen (secondary N) is 1. The van der Waals surface area contributed by atoms with E-state index in [1.807, 2.05) is 32.0 Å². The van der Waals surface area contributed by atoms with Crippen LogP contribution in [-0.4, -0.2) is 23.2 Å². The van der Waals surface area contributed by atoms with Gasteiger partial charge in [0.05, 0.1) is 0 Å². The van der Waals surface area contributed by atoms with Crippen molar-refractivity contribution in [1.29, 1.82) is 0 Å². The van der Waals surface area contributed by atoms with Gasteiger partial charge in [-0.2, -0.15) is 0 Å². The van der Waals surface area contributed by atoms with E-state index in [2.05, 4.69) is 5.32 Å². The number of benzene rings is 1. The third-order valence-electron chi connectivity index (χ3n) is 4.73. The minimum absolute atomic E-state index is 0. The van der Waals surface area contributed by atoms with E-state index in [4.69, 9.17) is 5.73 Å². The Morgan fingerprint density at radius 2 is 1.83 bits per heavy atom. The van der Waals surface area contributed by atoms with Crippen LogP contribution in [0, 0.1) is 19.8 Å². The van der Waals surface area contributed by atoms with Crippen LogP contribution in [0.5, 0.6) is 0 Å². The van der Waals surface area contributed by atoms with Crippen molar-refractivity contribution >= 4 is 24.0 Å². The van der Waals surface area contributed by atoms with Crippen molar-refractivity contribution in [3.05, 3.63) is 29.3 Å². The fourth-order valence-electron chi connectivity index (χ4n) is 3.34. The van der Waals surface area contributed by atoms with Gasteiger partial charge in [0.15, 0.2) is 0 Å². The van der Waals surface area contributed by atoms with Gasteiger partial charge in [0, 0.05) is 11.7 Å². The molecular formula is C18H29ClN2O2. The van der Waals surface area contributed by atoms with E-state index in [-0.39, 0.29) is 12.4 Å². The number of anilines is 1. The van der Waals surface area contributed by atoms with Gasteiger partial charge in [-0.15, -0.1) is 12.4 Å². The lowest BCUT2D eigenvalue weighted by Crippen LogP contribution is -2.44. The van der Waals surface area contributed by atoms with Gasteiger partial charge >= 0.3 is 0 Å². The molecule has 1 unspecified atom stereocenters. The van der Waals surface area contributed by atoms with Gasteiger partial charge < -0.3 is 16.2 Å². The molecule has 0 saturated heterocycles. The minimum atomic E-state index is -1.15. The maximum Gasteiger partial charge on any atom is 0.254 e. The molecule has 1 aromatic rings. The standard InChI is InChI=1S/C18H28N2O2.ClH/c1-12-7-6-8-13(2)16(12)20-18(22)17(21)15(19)11-14-9-4-3-5-10-14;/h6-8,14-15,17,21H,3-5,9-11,19H2,1-2H3,(H,20,22);1H/t15-,17?;/m1./s1. The van der Waals surface area contributed by atoms with Crippen molar-refractivity contribution in [2.75, 3.05) is 5.32 Å². The SMILES string of the molecule is Cc1cccc(C)c1NC(=O)C(O)[C@H](N)CC1CCCCC1.Cl. The van der Waals surface area contributed by atoms with Crippen molar-refractivity contribution in [2.24, 2.45) is 11.7 Å². The zero-order valence-electron chi connectivity index (χ0n) is 14.0. The Kier molecular flexibility index (Phi) is 8.03. The highest BCUT2D eigenvalue weighted by atomic mass is 35.5. The predicted octanol–water partition coefficient (Wildman–Crippen LogP) is 3.32. The molecule has 130 valence electrons. The molecule has 4 N–H and O–H groups in total. The topological polar surface area (TPSA) is 75.3 Å². The number of nitrogens with two attached hydrogens (primary N) is 1. The summed E-state index contributed by atoms with van der Waals surface area (Å²) in [6.45, 7) is 3.88. The molecule has 1 fully saturated rings. The molecule has 0 spiro atoms. The van der Waals surface area contributed by atoms with Crippen molar-refractivity contribution in [2.45, 2.75) is 64.5 Å². The summed E-state index contributed by atoms with van der Waals surface area (Å²) < 4.78 is 0. The van der Waals surface area contributed by atoms with Gasteiger partial charge in [-0.25, -0.2) is 0 Å². The highest BCUT2D eigenvalue weighted by Gasteiger charge is 2.27. The van der Waals surface area contributed by atoms with Crippen LogP contribution in [0.1, 0.15) is 49.7 Å². The average molecular weight is 341 g/mol. The second kappa shape index (κ2) is 9.26. The maximum absolute atomic E-state index is 12.3. The van der Waals surface area contributed by atoms with Crippen molar-refractivity contribution < 1.29 is 9.90 Å². The summed E-state index contributed by atoms with van der Waals surface area (Å²) in [6.07, 6.45) is 5.67. The quantitative estimate of drug-likeness (QED) is 0.769. The molecule has 0 aromatic heterocycles. The summed E-state index contributed by atoms with van der Waals surface area (Å²) in [6, 6.07) is 5.34. The molecule has 1 aliphatic rings. The second-order valence-corrected chi connectivity index (χ2v) is 6.60. The van der Waals surface area contributed by atoms with Gasteiger partial charge in [0.1, 0.15) is 6.10 Å². The normalized spacial score (nSPS) is 17.9. The number of halogens is 1. The molecule has 4 nitrogen and oxygen atoms in total. The summed E-state index contributed by atoms with van der Waals surface area (Å²) in [4.78, 5) is 12.3. The zero-order chi connectivity index (χ0) is 16.1. The smallest absolute Gasteiger partial charge is 0.254 e. The summed E-state index contributed by atoms with van der Waals surface area (Å²) in [7, 11) is 0. The van der Waals surface area contributed by atoms with Gasteiger partial charge in [0.25, 0.3) is 5.91 Å². The number of para-hydroxylation sites is 1. The van der Waals surface area contributed by atoms with Crippen molar-refractivity contribution in [3.8, 4) is 0 Å². The Balaban J connectivity index is 0.00000264. The molecule has 0 heterocycles. The van der Waals surface area contributed by atoms with Gasteiger partial charge in [-0.1, -0.05) is 50.3 Å². The molecule has 1 aromatic carbocycles. The fourth-order valence-corrected chi connectivity index (χ4v) is 3.34. The average Bonchev–Trinajstić information content (AvgIpc) is 2.51. The first-order valence-electron chi connectivity index (χ1n) is 8.29. The molecule has 0 bridgehead atoms. The lowest BCUT2D eigenvalue weighted by molar-refractivity contribution is -0.125. The van der Waals surface area contributed by atoms with E-state index in [1.54, 1.807) is 0 Å². The first-order chi connectivity index (χ1) is 10.5. The van der Waals surface area contributed by atoms with Crippen LogP contribution >= 0.6 is 12.4 Å². The minimum Gasteiger partial charge on any atom is -0.382 e. The van der Waals surface area contributed by atoms with Crippen molar-refractivity contribution in [1.82, 2.24) is 0 Å². The lowest BCUT2D eigenvalue weighted by atomic mass is 9.84. The summed E-state index contributed by atoms with van der Waals surface area (Å²) in [5.41, 5.74) is 8.82. The van der Waals surface area contributed by atoms with E-state index in [1.165, 1.54) is 32.1 Å². The second-order valence-electron chi connectivity index (χ2n) is 6.60. The molecule has 5 heteroatoms. The van der Waals surface area contributed by atoms with Crippen LogP contribution in [0.15, 0.2) is 18.2 Å². The highest BCUT2D eigenvalue weighted by molar-refractivity contribution is 5.95. The largest absolute Gasteiger partial charge is 0.382 e. The van der Waals surface area contributed by atoms with Crippen LogP contribution in [-0.2, 0) is 4.79 Å². The van der Waals surface area contributed by atoms with E-state index >= 15 is 0 Å². The number of carbonyl (C=O) groups excluding carboxylic acids is 1. The Bertz CT molecular complexity index is 495. The fraction of sp³-hybridized carbons (Fsp3) is 0.611.